The van der Waals surface area contributed by atoms with Crippen LogP contribution < -0.4 is 5.56 Å². The number of aromatic amines is 1. The first kappa shape index (κ1) is 10.3. The number of hydrogen-bond acceptors (Lipinski definition) is 3. The molecule has 0 aliphatic rings. The van der Waals surface area contributed by atoms with Crippen molar-refractivity contribution >= 4 is 5.78 Å². The Hall–Kier alpha value is -2.23. The Balaban J connectivity index is 2.66. The number of H-pyrrole nitrogens is 1. The van der Waals surface area contributed by atoms with E-state index in [1.165, 1.54) is 13.0 Å². The van der Waals surface area contributed by atoms with Gasteiger partial charge in [-0.05, 0) is 6.92 Å². The van der Waals surface area contributed by atoms with E-state index in [4.69, 9.17) is 0 Å². The number of hydrogen-bond donors (Lipinski definition) is 1. The van der Waals surface area contributed by atoms with Crippen LogP contribution in [0, 0.1) is 0 Å². The van der Waals surface area contributed by atoms with Crippen molar-refractivity contribution in [3.63, 3.8) is 0 Å². The van der Waals surface area contributed by atoms with E-state index >= 15 is 0 Å². The van der Waals surface area contributed by atoms with Gasteiger partial charge in [-0.15, -0.1) is 0 Å². The second-order valence-corrected chi connectivity index (χ2v) is 3.42. The summed E-state index contributed by atoms with van der Waals surface area (Å²) in [5, 5.41) is 6.25. The zero-order valence-electron chi connectivity index (χ0n) is 8.73. The molecule has 0 amide bonds. The summed E-state index contributed by atoms with van der Waals surface area (Å²) in [6, 6.07) is 10.5. The van der Waals surface area contributed by atoms with Crippen molar-refractivity contribution in [2.75, 3.05) is 0 Å². The summed E-state index contributed by atoms with van der Waals surface area (Å²) in [5.41, 5.74) is 1.29. The van der Waals surface area contributed by atoms with Gasteiger partial charge in [-0.25, -0.2) is 5.10 Å². The number of nitrogens with zero attached hydrogens (tertiary/aromatic N) is 1. The van der Waals surface area contributed by atoms with Crippen LogP contribution in [0.2, 0.25) is 0 Å². The van der Waals surface area contributed by atoms with Crippen LogP contribution in [0.5, 0.6) is 0 Å². The van der Waals surface area contributed by atoms with Gasteiger partial charge in [0.1, 0.15) is 5.69 Å². The van der Waals surface area contributed by atoms with Crippen molar-refractivity contribution in [2.45, 2.75) is 6.92 Å². The standard InChI is InChI=1S/C12H10N2O2/c1-8(15)10-7-11(16)13-14-12(10)9-5-3-2-4-6-9/h2-7H,1H3,(H,13,16). The smallest absolute Gasteiger partial charge is 0.264 e. The summed E-state index contributed by atoms with van der Waals surface area (Å²) in [5.74, 6) is -0.169. The lowest BCUT2D eigenvalue weighted by molar-refractivity contribution is 0.101. The monoisotopic (exact) mass is 214 g/mol. The number of ketones is 1. The second-order valence-electron chi connectivity index (χ2n) is 3.42. The van der Waals surface area contributed by atoms with Gasteiger partial charge in [0.2, 0.25) is 0 Å². The Morgan fingerprint density at radius 2 is 1.94 bits per heavy atom. The van der Waals surface area contributed by atoms with Crippen LogP contribution >= 0.6 is 0 Å². The Bertz CT molecular complexity index is 573. The van der Waals surface area contributed by atoms with E-state index in [0.717, 1.165) is 5.56 Å². The molecule has 2 rings (SSSR count). The predicted molar refractivity (Wildman–Crippen MR) is 60.3 cm³/mol. The first-order valence-corrected chi connectivity index (χ1v) is 4.84. The molecular weight excluding hydrogens is 204 g/mol. The first-order chi connectivity index (χ1) is 7.68. The van der Waals surface area contributed by atoms with Crippen molar-refractivity contribution in [2.24, 2.45) is 0 Å². The van der Waals surface area contributed by atoms with E-state index in [2.05, 4.69) is 10.2 Å². The molecule has 1 aromatic heterocycles. The third-order valence-electron chi connectivity index (χ3n) is 2.23. The van der Waals surface area contributed by atoms with Crippen molar-refractivity contribution in [3.8, 4) is 11.3 Å². The fraction of sp³-hybridized carbons (Fsp3) is 0.0833. The zero-order valence-corrected chi connectivity index (χ0v) is 8.73. The summed E-state index contributed by atoms with van der Waals surface area (Å²) in [6.07, 6.45) is 0. The molecule has 0 aliphatic heterocycles. The van der Waals surface area contributed by atoms with Crippen LogP contribution in [-0.4, -0.2) is 16.0 Å². The van der Waals surface area contributed by atoms with E-state index in [0.29, 0.717) is 11.3 Å². The van der Waals surface area contributed by atoms with Crippen molar-refractivity contribution in [3.05, 3.63) is 52.3 Å². The largest absolute Gasteiger partial charge is 0.294 e. The van der Waals surface area contributed by atoms with Gasteiger partial charge in [0, 0.05) is 11.6 Å². The Kier molecular flexibility index (Phi) is 2.64. The average molecular weight is 214 g/mol. The topological polar surface area (TPSA) is 62.8 Å². The van der Waals surface area contributed by atoms with Crippen LogP contribution in [0.15, 0.2) is 41.2 Å². The highest BCUT2D eigenvalue weighted by Gasteiger charge is 2.11. The Labute approximate surface area is 91.9 Å². The van der Waals surface area contributed by atoms with Gasteiger partial charge in [-0.1, -0.05) is 30.3 Å². The van der Waals surface area contributed by atoms with Gasteiger partial charge in [0.05, 0.1) is 5.56 Å². The van der Waals surface area contributed by atoms with Crippen LogP contribution in [0.4, 0.5) is 0 Å². The van der Waals surface area contributed by atoms with Gasteiger partial charge in [0.15, 0.2) is 5.78 Å². The minimum Gasteiger partial charge on any atom is -0.294 e. The third kappa shape index (κ3) is 1.91. The molecule has 0 atom stereocenters. The fourth-order valence-electron chi connectivity index (χ4n) is 1.49. The van der Waals surface area contributed by atoms with Gasteiger partial charge in [0.25, 0.3) is 5.56 Å². The summed E-state index contributed by atoms with van der Waals surface area (Å²) >= 11 is 0. The maximum atomic E-state index is 11.4. The molecule has 16 heavy (non-hydrogen) atoms. The highest BCUT2D eigenvalue weighted by molar-refractivity contribution is 5.99. The molecule has 0 unspecified atom stereocenters. The first-order valence-electron chi connectivity index (χ1n) is 4.84. The molecule has 0 aliphatic carbocycles. The highest BCUT2D eigenvalue weighted by atomic mass is 16.1. The normalized spacial score (nSPS) is 10.1. The molecule has 0 fully saturated rings. The van der Waals surface area contributed by atoms with E-state index < -0.39 is 0 Å². The molecule has 0 bridgehead atoms. The molecule has 1 N–H and O–H groups in total. The quantitative estimate of drug-likeness (QED) is 0.773. The fourth-order valence-corrected chi connectivity index (χ4v) is 1.49. The second kappa shape index (κ2) is 4.10. The summed E-state index contributed by atoms with van der Waals surface area (Å²) in [6.45, 7) is 1.42. The van der Waals surface area contributed by atoms with E-state index in [-0.39, 0.29) is 11.3 Å². The Morgan fingerprint density at radius 1 is 1.25 bits per heavy atom. The number of benzene rings is 1. The molecule has 0 spiro atoms. The van der Waals surface area contributed by atoms with Gasteiger partial charge < -0.3 is 0 Å². The molecular formula is C12H10N2O2. The maximum Gasteiger partial charge on any atom is 0.264 e. The number of Topliss-reactive ketones (excluding diaryl/α,β-unsaturated/α-hetero) is 1. The maximum absolute atomic E-state index is 11.4. The number of carbonyl (C=O) groups excluding carboxylic acids is 1. The predicted octanol–water partition coefficient (Wildman–Crippen LogP) is 1.64. The summed E-state index contributed by atoms with van der Waals surface area (Å²) in [7, 11) is 0. The van der Waals surface area contributed by atoms with Gasteiger partial charge in [-0.2, -0.15) is 5.10 Å². The number of rotatable bonds is 2. The van der Waals surface area contributed by atoms with Crippen LogP contribution in [0.3, 0.4) is 0 Å². The molecule has 1 aromatic carbocycles. The van der Waals surface area contributed by atoms with Gasteiger partial charge in [-0.3, -0.25) is 9.59 Å². The van der Waals surface area contributed by atoms with Gasteiger partial charge >= 0.3 is 0 Å². The van der Waals surface area contributed by atoms with Crippen LogP contribution in [0.25, 0.3) is 11.3 Å². The molecule has 0 saturated heterocycles. The van der Waals surface area contributed by atoms with E-state index in [9.17, 15) is 9.59 Å². The van der Waals surface area contributed by atoms with Crippen molar-refractivity contribution in [1.82, 2.24) is 10.2 Å². The van der Waals surface area contributed by atoms with Crippen molar-refractivity contribution in [1.29, 1.82) is 0 Å². The lowest BCUT2D eigenvalue weighted by Crippen LogP contribution is -2.12. The average Bonchev–Trinajstić information content (AvgIpc) is 2.30. The SMILES string of the molecule is CC(=O)c1cc(=O)[nH]nc1-c1ccccc1. The molecule has 1 heterocycles. The third-order valence-corrected chi connectivity index (χ3v) is 2.23. The molecule has 4 nitrogen and oxygen atoms in total. The minimum absolute atomic E-state index is 0.169. The van der Waals surface area contributed by atoms with E-state index in [1.807, 2.05) is 30.3 Å². The lowest BCUT2D eigenvalue weighted by Gasteiger charge is -2.04. The minimum atomic E-state index is -0.370. The Morgan fingerprint density at radius 3 is 2.56 bits per heavy atom. The van der Waals surface area contributed by atoms with E-state index in [1.54, 1.807) is 0 Å². The molecule has 4 heteroatoms. The molecule has 80 valence electrons. The number of nitrogens with one attached hydrogen (secondary N) is 1. The number of carbonyl (C=O) groups is 1. The number of aromatic nitrogens is 2. The lowest BCUT2D eigenvalue weighted by atomic mass is 10.0. The summed E-state index contributed by atoms with van der Waals surface area (Å²) < 4.78 is 0. The molecule has 0 saturated carbocycles. The van der Waals surface area contributed by atoms with Crippen LogP contribution in [0.1, 0.15) is 17.3 Å². The van der Waals surface area contributed by atoms with Crippen molar-refractivity contribution < 1.29 is 4.79 Å². The zero-order chi connectivity index (χ0) is 11.5. The molecule has 2 aromatic rings. The van der Waals surface area contributed by atoms with Crippen LogP contribution in [-0.2, 0) is 0 Å². The summed E-state index contributed by atoms with van der Waals surface area (Å²) in [4.78, 5) is 22.5. The molecule has 0 radical (unpaired) electrons. The highest BCUT2D eigenvalue weighted by Crippen LogP contribution is 2.19.